The molecule has 2 atom stereocenters. The van der Waals surface area contributed by atoms with Gasteiger partial charge in [0.2, 0.25) is 0 Å². The molecule has 1 N–H and O–H groups in total. The van der Waals surface area contributed by atoms with Crippen LogP contribution in [0, 0.1) is 5.92 Å². The van der Waals surface area contributed by atoms with Crippen LogP contribution < -0.4 is 5.32 Å². The van der Waals surface area contributed by atoms with Crippen LogP contribution in [0.15, 0.2) is 12.1 Å². The lowest BCUT2D eigenvalue weighted by Gasteiger charge is -2.24. The number of nitrogens with one attached hydrogen (secondary N) is 1. The van der Waals surface area contributed by atoms with Crippen molar-refractivity contribution in [3.8, 4) is 0 Å². The van der Waals surface area contributed by atoms with E-state index in [0.717, 1.165) is 12.5 Å². The van der Waals surface area contributed by atoms with E-state index >= 15 is 0 Å². The topological polar surface area (TPSA) is 12.0 Å². The Balaban J connectivity index is 1.94. The Hall–Kier alpha value is -0.820. The summed E-state index contributed by atoms with van der Waals surface area (Å²) in [7, 11) is 0. The molecular formula is C19H29N. The number of hydrogen-bond acceptors (Lipinski definition) is 1. The van der Waals surface area contributed by atoms with Crippen LogP contribution in [0.4, 0.5) is 0 Å². The van der Waals surface area contributed by atoms with E-state index in [9.17, 15) is 0 Å². The zero-order valence-corrected chi connectivity index (χ0v) is 13.2. The number of hydrogen-bond donors (Lipinski definition) is 1. The summed E-state index contributed by atoms with van der Waals surface area (Å²) in [6.07, 6.45) is 10.6. The minimum atomic E-state index is 0.592. The highest BCUT2D eigenvalue weighted by molar-refractivity contribution is 5.42. The summed E-state index contributed by atoms with van der Waals surface area (Å²) in [5.74, 6) is 0.841. The van der Waals surface area contributed by atoms with Gasteiger partial charge in [-0.1, -0.05) is 26.0 Å². The summed E-state index contributed by atoms with van der Waals surface area (Å²) in [5, 5.41) is 3.80. The first-order valence-corrected chi connectivity index (χ1v) is 8.66. The fourth-order valence-electron chi connectivity index (χ4n) is 3.96. The number of aryl methyl sites for hydroxylation is 3. The molecule has 20 heavy (non-hydrogen) atoms. The lowest BCUT2D eigenvalue weighted by molar-refractivity contribution is 0.408. The molecule has 0 radical (unpaired) electrons. The van der Waals surface area contributed by atoms with E-state index in [1.807, 2.05) is 0 Å². The van der Waals surface area contributed by atoms with Crippen LogP contribution in [-0.2, 0) is 19.3 Å². The Morgan fingerprint density at radius 1 is 1.05 bits per heavy atom. The summed E-state index contributed by atoms with van der Waals surface area (Å²) < 4.78 is 0. The highest BCUT2D eigenvalue weighted by Crippen LogP contribution is 2.35. The summed E-state index contributed by atoms with van der Waals surface area (Å²) in [5.41, 5.74) is 6.57. The largest absolute Gasteiger partial charge is 0.310 e. The molecule has 2 aliphatic carbocycles. The van der Waals surface area contributed by atoms with E-state index < -0.39 is 0 Å². The molecule has 0 aromatic heterocycles. The maximum absolute atomic E-state index is 3.80. The number of benzene rings is 1. The predicted molar refractivity (Wildman–Crippen MR) is 86.2 cm³/mol. The van der Waals surface area contributed by atoms with Gasteiger partial charge in [-0.15, -0.1) is 0 Å². The summed E-state index contributed by atoms with van der Waals surface area (Å²) >= 11 is 0. The van der Waals surface area contributed by atoms with E-state index in [0.29, 0.717) is 6.04 Å². The smallest absolute Gasteiger partial charge is 0.0325 e. The van der Waals surface area contributed by atoms with Crippen LogP contribution in [0.2, 0.25) is 0 Å². The van der Waals surface area contributed by atoms with Crippen molar-refractivity contribution in [2.45, 2.75) is 71.3 Å². The van der Waals surface area contributed by atoms with E-state index in [1.54, 1.807) is 22.3 Å². The Morgan fingerprint density at radius 3 is 2.55 bits per heavy atom. The molecule has 1 nitrogen and oxygen atoms in total. The Morgan fingerprint density at radius 2 is 1.80 bits per heavy atom. The van der Waals surface area contributed by atoms with Gasteiger partial charge in [0, 0.05) is 6.04 Å². The molecule has 110 valence electrons. The minimum Gasteiger partial charge on any atom is -0.310 e. The van der Waals surface area contributed by atoms with E-state index in [1.165, 1.54) is 51.4 Å². The molecule has 0 heterocycles. The fourth-order valence-corrected chi connectivity index (χ4v) is 3.96. The summed E-state index contributed by atoms with van der Waals surface area (Å²) in [6, 6.07) is 5.71. The van der Waals surface area contributed by atoms with Crippen molar-refractivity contribution in [2.24, 2.45) is 5.92 Å². The molecular weight excluding hydrogens is 242 g/mol. The third kappa shape index (κ3) is 2.93. The maximum Gasteiger partial charge on any atom is 0.0325 e. The highest BCUT2D eigenvalue weighted by Gasteiger charge is 2.24. The first-order valence-electron chi connectivity index (χ1n) is 8.66. The van der Waals surface area contributed by atoms with Gasteiger partial charge in [0.05, 0.1) is 0 Å². The van der Waals surface area contributed by atoms with Crippen molar-refractivity contribution >= 4 is 0 Å². The van der Waals surface area contributed by atoms with E-state index in [-0.39, 0.29) is 0 Å². The van der Waals surface area contributed by atoms with Crippen molar-refractivity contribution < 1.29 is 0 Å². The zero-order valence-electron chi connectivity index (χ0n) is 13.2. The highest BCUT2D eigenvalue weighted by atomic mass is 14.9. The molecule has 0 saturated heterocycles. The molecule has 0 spiro atoms. The number of rotatable bonds is 3. The predicted octanol–water partition coefficient (Wildman–Crippen LogP) is 4.58. The first-order chi connectivity index (χ1) is 9.78. The fraction of sp³-hybridized carbons (Fsp3) is 0.684. The molecule has 2 aliphatic rings. The molecule has 0 bridgehead atoms. The van der Waals surface area contributed by atoms with Gasteiger partial charge >= 0.3 is 0 Å². The van der Waals surface area contributed by atoms with E-state index in [4.69, 9.17) is 0 Å². The van der Waals surface area contributed by atoms with Crippen LogP contribution in [0.1, 0.15) is 74.2 Å². The van der Waals surface area contributed by atoms with Crippen molar-refractivity contribution in [3.05, 3.63) is 34.4 Å². The Labute approximate surface area is 124 Å². The van der Waals surface area contributed by atoms with Gasteiger partial charge in [-0.2, -0.15) is 0 Å². The normalized spacial score (nSPS) is 25.7. The minimum absolute atomic E-state index is 0.592. The Bertz CT molecular complexity index is 463. The average Bonchev–Trinajstić information content (AvgIpc) is 2.62. The molecule has 1 aromatic rings. The standard InChI is InChI=1S/C19H29N/c1-3-10-20-19-11-14(2)8-9-17-12-15-6-4-5-7-16(15)13-18(17)19/h12-14,19-20H,3-11H2,1-2H3. The monoisotopic (exact) mass is 271 g/mol. The summed E-state index contributed by atoms with van der Waals surface area (Å²) in [4.78, 5) is 0. The number of fused-ring (bicyclic) bond motifs is 2. The molecule has 1 aromatic carbocycles. The first kappa shape index (κ1) is 14.1. The molecule has 2 unspecified atom stereocenters. The van der Waals surface area contributed by atoms with Crippen LogP contribution in [0.25, 0.3) is 0 Å². The molecule has 1 heteroatoms. The van der Waals surface area contributed by atoms with Crippen molar-refractivity contribution in [2.75, 3.05) is 6.54 Å². The lowest BCUT2D eigenvalue weighted by Crippen LogP contribution is -2.24. The van der Waals surface area contributed by atoms with Gasteiger partial charge in [-0.05, 0) is 86.1 Å². The second-order valence-electron chi connectivity index (χ2n) is 6.91. The maximum atomic E-state index is 3.80. The second kappa shape index (κ2) is 6.30. The average molecular weight is 271 g/mol. The van der Waals surface area contributed by atoms with E-state index in [2.05, 4.69) is 31.3 Å². The Kier molecular flexibility index (Phi) is 4.45. The van der Waals surface area contributed by atoms with Gasteiger partial charge in [-0.25, -0.2) is 0 Å². The van der Waals surface area contributed by atoms with Crippen molar-refractivity contribution in [1.82, 2.24) is 5.32 Å². The van der Waals surface area contributed by atoms with Gasteiger partial charge in [0.1, 0.15) is 0 Å². The van der Waals surface area contributed by atoms with Crippen molar-refractivity contribution in [1.29, 1.82) is 0 Å². The molecule has 0 aliphatic heterocycles. The molecule has 0 amide bonds. The SMILES string of the molecule is CCCNC1CC(C)CCc2cc3c(cc21)CCCC3. The molecule has 0 saturated carbocycles. The molecule has 0 fully saturated rings. The van der Waals surface area contributed by atoms with Crippen molar-refractivity contribution in [3.63, 3.8) is 0 Å². The lowest BCUT2D eigenvalue weighted by atomic mass is 9.86. The van der Waals surface area contributed by atoms with Gasteiger partial charge in [0.25, 0.3) is 0 Å². The quantitative estimate of drug-likeness (QED) is 0.794. The van der Waals surface area contributed by atoms with Crippen LogP contribution in [0.3, 0.4) is 0 Å². The van der Waals surface area contributed by atoms with Gasteiger partial charge < -0.3 is 5.32 Å². The third-order valence-electron chi connectivity index (χ3n) is 5.16. The van der Waals surface area contributed by atoms with Gasteiger partial charge in [-0.3, -0.25) is 0 Å². The van der Waals surface area contributed by atoms with Crippen LogP contribution in [0.5, 0.6) is 0 Å². The molecule has 3 rings (SSSR count). The van der Waals surface area contributed by atoms with Gasteiger partial charge in [0.15, 0.2) is 0 Å². The second-order valence-corrected chi connectivity index (χ2v) is 6.91. The van der Waals surface area contributed by atoms with Crippen LogP contribution in [-0.4, -0.2) is 6.54 Å². The third-order valence-corrected chi connectivity index (χ3v) is 5.16. The summed E-state index contributed by atoms with van der Waals surface area (Å²) in [6.45, 7) is 5.83. The van der Waals surface area contributed by atoms with Crippen LogP contribution >= 0.6 is 0 Å². The zero-order chi connectivity index (χ0) is 13.9.